The third-order valence-corrected chi connectivity index (χ3v) is 12.4. The lowest BCUT2D eigenvalue weighted by Crippen LogP contribution is -2.10. The Bertz CT molecular complexity index is 3190. The molecule has 0 saturated carbocycles. The van der Waals surface area contributed by atoms with Crippen LogP contribution in [0.3, 0.4) is 0 Å². The van der Waals surface area contributed by atoms with Crippen molar-refractivity contribution in [2.24, 2.45) is 0 Å². The summed E-state index contributed by atoms with van der Waals surface area (Å²) in [6.07, 6.45) is 0. The van der Waals surface area contributed by atoms with Crippen molar-refractivity contribution in [1.82, 2.24) is 0 Å². The van der Waals surface area contributed by atoms with Crippen molar-refractivity contribution < 1.29 is 4.42 Å². The van der Waals surface area contributed by atoms with Crippen LogP contribution in [0.25, 0.3) is 65.4 Å². The van der Waals surface area contributed by atoms with Crippen LogP contribution in [0.4, 0.5) is 34.1 Å². The van der Waals surface area contributed by atoms with E-state index in [1.54, 1.807) is 0 Å². The predicted octanol–water partition coefficient (Wildman–Crippen LogP) is 15.6. The highest BCUT2D eigenvalue weighted by Crippen LogP contribution is 2.55. The normalized spacial score (nSPS) is 12.2. The molecule has 0 spiro atoms. The molecule has 11 aromatic rings. The molecule has 0 unspecified atom stereocenters. The van der Waals surface area contributed by atoms with E-state index in [9.17, 15) is 0 Å². The van der Waals surface area contributed by atoms with E-state index in [2.05, 4.69) is 204 Å². The molecule has 0 radical (unpaired) electrons. The first-order chi connectivity index (χ1) is 27.8. The van der Waals surface area contributed by atoms with Gasteiger partial charge in [0.05, 0.1) is 0 Å². The maximum atomic E-state index is 7.02. The molecule has 1 aromatic heterocycles. The lowest BCUT2D eigenvalue weighted by Gasteiger charge is -2.28. The van der Waals surface area contributed by atoms with Crippen LogP contribution in [0.5, 0.6) is 0 Å². The van der Waals surface area contributed by atoms with E-state index in [4.69, 9.17) is 4.42 Å². The molecule has 0 atom stereocenters. The minimum absolute atomic E-state index is 0.882. The quantitative estimate of drug-likeness (QED) is 0.159. The van der Waals surface area contributed by atoms with Crippen LogP contribution in [0, 0.1) is 0 Å². The molecule has 262 valence electrons. The maximum absolute atomic E-state index is 7.02. The van der Waals surface area contributed by atoms with E-state index in [0.717, 1.165) is 56.1 Å². The van der Waals surface area contributed by atoms with Crippen LogP contribution in [-0.4, -0.2) is 0 Å². The van der Waals surface area contributed by atoms with Gasteiger partial charge in [0.25, 0.3) is 0 Å². The summed E-state index contributed by atoms with van der Waals surface area (Å²) in [5.74, 6) is 0. The molecule has 56 heavy (non-hydrogen) atoms. The van der Waals surface area contributed by atoms with Crippen LogP contribution in [0.15, 0.2) is 208 Å². The lowest BCUT2D eigenvalue weighted by atomic mass is 9.87. The number of hydrogen-bond acceptors (Lipinski definition) is 4. The average molecular weight is 733 g/mol. The second kappa shape index (κ2) is 12.3. The maximum Gasteiger partial charge on any atom is 0.143 e. The number of rotatable bonds is 6. The fourth-order valence-corrected chi connectivity index (χ4v) is 10.1. The van der Waals surface area contributed by atoms with E-state index in [1.165, 1.54) is 53.2 Å². The number of benzene rings is 10. The van der Waals surface area contributed by atoms with Gasteiger partial charge >= 0.3 is 0 Å². The zero-order chi connectivity index (χ0) is 36.7. The van der Waals surface area contributed by atoms with Gasteiger partial charge in [-0.2, -0.15) is 0 Å². The first-order valence-electron chi connectivity index (χ1n) is 19.0. The van der Waals surface area contributed by atoms with E-state index in [1.807, 2.05) is 11.8 Å². The summed E-state index contributed by atoms with van der Waals surface area (Å²) in [5, 5.41) is 9.83. The van der Waals surface area contributed by atoms with Crippen LogP contribution < -0.4 is 9.80 Å². The summed E-state index contributed by atoms with van der Waals surface area (Å²) in [5.41, 5.74) is 11.0. The molecule has 2 heterocycles. The molecule has 10 aromatic carbocycles. The minimum Gasteiger partial charge on any atom is -0.455 e. The third-order valence-electron chi connectivity index (χ3n) is 11.3. The molecular weight excluding hydrogens is 701 g/mol. The summed E-state index contributed by atoms with van der Waals surface area (Å²) < 4.78 is 7.02. The first kappa shape index (κ1) is 31.4. The Kier molecular flexibility index (Phi) is 6.86. The summed E-state index contributed by atoms with van der Waals surface area (Å²) in [6.45, 7) is 0. The highest BCUT2D eigenvalue weighted by molar-refractivity contribution is 7.99. The molecule has 0 N–H and O–H groups in total. The third kappa shape index (κ3) is 4.66. The fourth-order valence-electron chi connectivity index (χ4n) is 8.96. The van der Waals surface area contributed by atoms with Crippen molar-refractivity contribution in [2.45, 2.75) is 9.79 Å². The Labute approximate surface area is 328 Å². The SMILES string of the molecule is c1ccc(N(c2ccccc2)c2ccc3c(c2)Sc2ccc4c5oc6cc(N(c7ccccc7)c7ccccc7)ccc6c5c5cccc6cc-3c2c4c65)cc1. The van der Waals surface area contributed by atoms with Crippen LogP contribution in [0.2, 0.25) is 0 Å². The van der Waals surface area contributed by atoms with Gasteiger partial charge in [-0.25, -0.2) is 0 Å². The Hall–Kier alpha value is -7.01. The Morgan fingerprint density at radius 3 is 1.54 bits per heavy atom. The summed E-state index contributed by atoms with van der Waals surface area (Å²) in [4.78, 5) is 7.16. The van der Waals surface area contributed by atoms with Crippen molar-refractivity contribution in [2.75, 3.05) is 9.80 Å². The van der Waals surface area contributed by atoms with Gasteiger partial charge in [-0.3, -0.25) is 0 Å². The van der Waals surface area contributed by atoms with E-state index >= 15 is 0 Å². The second-order valence-corrected chi connectivity index (χ2v) is 15.6. The van der Waals surface area contributed by atoms with Gasteiger partial charge in [0, 0.05) is 76.9 Å². The van der Waals surface area contributed by atoms with Gasteiger partial charge in [0.2, 0.25) is 0 Å². The van der Waals surface area contributed by atoms with E-state index in [-0.39, 0.29) is 0 Å². The monoisotopic (exact) mass is 732 g/mol. The van der Waals surface area contributed by atoms with E-state index < -0.39 is 0 Å². The lowest BCUT2D eigenvalue weighted by molar-refractivity contribution is 0.673. The summed E-state index contributed by atoms with van der Waals surface area (Å²) in [7, 11) is 0. The average Bonchev–Trinajstić information content (AvgIpc) is 3.65. The van der Waals surface area contributed by atoms with E-state index in [0.29, 0.717) is 0 Å². The second-order valence-electron chi connectivity index (χ2n) is 14.5. The number of fused-ring (bicyclic) bond motifs is 7. The standard InChI is InChI=1S/C52H32N2OS/c1-5-15-34(16-6-1)53(35-17-7-2-8-18-35)38-25-27-41-45(31-38)55-52-43-28-29-46-50-44(30-33-14-13-23-42(49(41)52)48(33)51(43)50)40-26-24-39(32-47(40)56-46)54(36-19-9-3-10-20-36)37-21-11-4-12-22-37/h1-32H. The van der Waals surface area contributed by atoms with Crippen molar-refractivity contribution in [1.29, 1.82) is 0 Å². The molecule has 0 bridgehead atoms. The zero-order valence-corrected chi connectivity index (χ0v) is 31.0. The fraction of sp³-hybridized carbons (Fsp3) is 0. The zero-order valence-electron chi connectivity index (χ0n) is 30.2. The van der Waals surface area contributed by atoms with Crippen LogP contribution in [-0.2, 0) is 0 Å². The Morgan fingerprint density at radius 1 is 0.339 bits per heavy atom. The minimum atomic E-state index is 0.882. The number of para-hydroxylation sites is 4. The number of furan rings is 1. The molecule has 0 fully saturated rings. The predicted molar refractivity (Wildman–Crippen MR) is 236 cm³/mol. The highest BCUT2D eigenvalue weighted by Gasteiger charge is 2.27. The van der Waals surface area contributed by atoms with Gasteiger partial charge in [-0.1, -0.05) is 109 Å². The van der Waals surface area contributed by atoms with Crippen molar-refractivity contribution in [3.63, 3.8) is 0 Å². The van der Waals surface area contributed by atoms with Crippen molar-refractivity contribution in [3.05, 3.63) is 194 Å². The Morgan fingerprint density at radius 2 is 0.911 bits per heavy atom. The van der Waals surface area contributed by atoms with Gasteiger partial charge < -0.3 is 14.2 Å². The molecule has 0 saturated heterocycles. The Balaban J connectivity index is 1.06. The molecule has 4 heteroatoms. The van der Waals surface area contributed by atoms with Crippen molar-refractivity contribution in [3.8, 4) is 11.1 Å². The summed E-state index contributed by atoms with van der Waals surface area (Å²) >= 11 is 1.87. The van der Waals surface area contributed by atoms with Gasteiger partial charge in [0.15, 0.2) is 0 Å². The molecule has 0 aliphatic carbocycles. The molecule has 1 aliphatic rings. The summed E-state index contributed by atoms with van der Waals surface area (Å²) in [6, 6.07) is 69.8. The van der Waals surface area contributed by atoms with Crippen LogP contribution in [0.1, 0.15) is 0 Å². The first-order valence-corrected chi connectivity index (χ1v) is 19.8. The van der Waals surface area contributed by atoms with Gasteiger partial charge in [-0.15, -0.1) is 0 Å². The largest absolute Gasteiger partial charge is 0.455 e. The van der Waals surface area contributed by atoms with Crippen LogP contribution >= 0.6 is 11.8 Å². The molecule has 1 aliphatic heterocycles. The number of hydrogen-bond donors (Lipinski definition) is 0. The molecule has 0 amide bonds. The highest BCUT2D eigenvalue weighted by atomic mass is 32.2. The molecule has 12 rings (SSSR count). The number of nitrogens with zero attached hydrogens (tertiary/aromatic N) is 2. The van der Waals surface area contributed by atoms with Gasteiger partial charge in [-0.05, 0) is 118 Å². The smallest absolute Gasteiger partial charge is 0.143 e. The number of anilines is 6. The topological polar surface area (TPSA) is 19.6 Å². The van der Waals surface area contributed by atoms with Gasteiger partial charge in [0.1, 0.15) is 11.2 Å². The van der Waals surface area contributed by atoms with Crippen molar-refractivity contribution >= 4 is 100 Å². The molecule has 3 nitrogen and oxygen atoms in total. The molecular formula is C52H32N2OS.